The van der Waals surface area contributed by atoms with Crippen LogP contribution in [-0.4, -0.2) is 85.0 Å². The van der Waals surface area contributed by atoms with E-state index in [-0.39, 0.29) is 35.8 Å². The SMILES string of the molecule is CCCN(CCC)C(=O)c1cccc(C(=O)NC(Cc2cc(F)cc(F)c2)[C@@H](O)C[C@@H](CC)C(=O)NCCCN(C)C)c1. The number of rotatable bonds is 18. The number of carbonyl (C=O) groups is 3. The van der Waals surface area contributed by atoms with Crippen LogP contribution in [-0.2, 0) is 11.2 Å². The largest absolute Gasteiger partial charge is 0.391 e. The van der Waals surface area contributed by atoms with E-state index < -0.39 is 35.6 Å². The summed E-state index contributed by atoms with van der Waals surface area (Å²) in [4.78, 5) is 43.2. The second-order valence-electron chi connectivity index (χ2n) is 11.3. The van der Waals surface area contributed by atoms with Gasteiger partial charge in [-0.05, 0) is 95.1 Å². The van der Waals surface area contributed by atoms with Crippen LogP contribution in [0.25, 0.3) is 0 Å². The quantitative estimate of drug-likeness (QED) is 0.220. The van der Waals surface area contributed by atoms with Crippen molar-refractivity contribution in [2.24, 2.45) is 5.92 Å². The summed E-state index contributed by atoms with van der Waals surface area (Å²) in [6.45, 7) is 8.35. The normalized spacial score (nSPS) is 13.3. The Labute approximate surface area is 254 Å². The number of hydrogen-bond acceptors (Lipinski definition) is 5. The maximum absolute atomic E-state index is 14.0. The highest BCUT2D eigenvalue weighted by Crippen LogP contribution is 2.19. The average molecular weight is 603 g/mol. The predicted octanol–water partition coefficient (Wildman–Crippen LogP) is 4.41. The second-order valence-corrected chi connectivity index (χ2v) is 11.3. The molecule has 0 fully saturated rings. The van der Waals surface area contributed by atoms with E-state index in [0.29, 0.717) is 31.6 Å². The summed E-state index contributed by atoms with van der Waals surface area (Å²) in [5.41, 5.74) is 0.838. The highest BCUT2D eigenvalue weighted by molar-refractivity contribution is 5.99. The molecule has 0 bridgehead atoms. The standard InChI is InChI=1S/C33H48F2N4O4/c1-6-14-39(15-7-2)33(43)26-12-9-11-25(20-26)32(42)37-29(19-23-17-27(34)22-28(35)18-23)30(40)21-24(8-3)31(41)36-13-10-16-38(4)5/h9,11-12,17-18,20,22,24,29-30,40H,6-8,10,13-16,19,21H2,1-5H3,(H,36,41)(H,37,42)/t24-,29?,30+/m1/s1. The third-order valence-electron chi connectivity index (χ3n) is 7.28. The molecule has 3 N–H and O–H groups in total. The summed E-state index contributed by atoms with van der Waals surface area (Å²) in [7, 11) is 3.90. The highest BCUT2D eigenvalue weighted by atomic mass is 19.1. The van der Waals surface area contributed by atoms with Gasteiger partial charge in [0, 0.05) is 42.7 Å². The molecule has 0 radical (unpaired) electrons. The number of halogens is 2. The number of amides is 3. The summed E-state index contributed by atoms with van der Waals surface area (Å²) >= 11 is 0. The fraction of sp³-hybridized carbons (Fsp3) is 0.545. The van der Waals surface area contributed by atoms with Crippen molar-refractivity contribution < 1.29 is 28.3 Å². The third kappa shape index (κ3) is 12.0. The van der Waals surface area contributed by atoms with E-state index >= 15 is 0 Å². The molecule has 8 nitrogen and oxygen atoms in total. The van der Waals surface area contributed by atoms with Crippen LogP contribution < -0.4 is 10.6 Å². The smallest absolute Gasteiger partial charge is 0.253 e. The Hall–Kier alpha value is -3.37. The maximum Gasteiger partial charge on any atom is 0.253 e. The monoisotopic (exact) mass is 602 g/mol. The lowest BCUT2D eigenvalue weighted by molar-refractivity contribution is -0.126. The van der Waals surface area contributed by atoms with Crippen molar-refractivity contribution in [3.63, 3.8) is 0 Å². The molecule has 3 atom stereocenters. The van der Waals surface area contributed by atoms with Gasteiger partial charge < -0.3 is 25.5 Å². The average Bonchev–Trinajstić information content (AvgIpc) is 2.96. The Balaban J connectivity index is 2.26. The molecule has 238 valence electrons. The van der Waals surface area contributed by atoms with E-state index in [0.717, 1.165) is 44.0 Å². The molecule has 0 saturated heterocycles. The number of nitrogens with zero attached hydrogens (tertiary/aromatic N) is 2. The minimum atomic E-state index is -1.19. The summed E-state index contributed by atoms with van der Waals surface area (Å²) < 4.78 is 28.0. The molecule has 1 unspecified atom stereocenters. The van der Waals surface area contributed by atoms with Gasteiger partial charge in [0.15, 0.2) is 0 Å². The van der Waals surface area contributed by atoms with Crippen molar-refractivity contribution in [1.82, 2.24) is 20.4 Å². The van der Waals surface area contributed by atoms with Crippen LogP contribution in [0.4, 0.5) is 8.78 Å². The molecule has 0 aliphatic heterocycles. The molecular weight excluding hydrogens is 554 g/mol. The molecule has 10 heteroatoms. The number of aliphatic hydroxyl groups is 1. The van der Waals surface area contributed by atoms with Gasteiger partial charge in [0.25, 0.3) is 11.8 Å². The lowest BCUT2D eigenvalue weighted by atomic mass is 9.91. The van der Waals surface area contributed by atoms with Crippen molar-refractivity contribution in [1.29, 1.82) is 0 Å². The summed E-state index contributed by atoms with van der Waals surface area (Å²) in [6, 6.07) is 8.46. The highest BCUT2D eigenvalue weighted by Gasteiger charge is 2.28. The first kappa shape index (κ1) is 35.8. The molecule has 0 heterocycles. The van der Waals surface area contributed by atoms with E-state index in [1.165, 1.54) is 6.07 Å². The van der Waals surface area contributed by atoms with Crippen LogP contribution in [0.1, 0.15) is 79.2 Å². The molecule has 2 rings (SSSR count). The number of carbonyl (C=O) groups excluding carboxylic acids is 3. The number of benzene rings is 2. The minimum absolute atomic E-state index is 0.0419. The Bertz CT molecular complexity index is 1170. The van der Waals surface area contributed by atoms with Gasteiger partial charge in [-0.3, -0.25) is 14.4 Å². The first-order chi connectivity index (χ1) is 20.5. The molecule has 2 aromatic rings. The van der Waals surface area contributed by atoms with Gasteiger partial charge in [0.2, 0.25) is 5.91 Å². The topological polar surface area (TPSA) is 102 Å². The van der Waals surface area contributed by atoms with Crippen molar-refractivity contribution in [2.75, 3.05) is 40.3 Å². The van der Waals surface area contributed by atoms with Crippen molar-refractivity contribution >= 4 is 17.7 Å². The molecule has 0 aromatic heterocycles. The van der Waals surface area contributed by atoms with Crippen LogP contribution in [0.15, 0.2) is 42.5 Å². The first-order valence-electron chi connectivity index (χ1n) is 15.2. The van der Waals surface area contributed by atoms with Gasteiger partial charge in [-0.15, -0.1) is 0 Å². The van der Waals surface area contributed by atoms with Crippen molar-refractivity contribution in [2.45, 2.75) is 71.4 Å². The van der Waals surface area contributed by atoms with Crippen molar-refractivity contribution in [3.8, 4) is 0 Å². The molecule has 0 saturated carbocycles. The van der Waals surface area contributed by atoms with Gasteiger partial charge in [0.1, 0.15) is 11.6 Å². The number of nitrogens with one attached hydrogen (secondary N) is 2. The third-order valence-corrected chi connectivity index (χ3v) is 7.28. The molecule has 43 heavy (non-hydrogen) atoms. The molecule has 2 aromatic carbocycles. The first-order valence-corrected chi connectivity index (χ1v) is 15.2. The minimum Gasteiger partial charge on any atom is -0.391 e. The van der Waals surface area contributed by atoms with Gasteiger partial charge in [-0.25, -0.2) is 8.78 Å². The predicted molar refractivity (Wildman–Crippen MR) is 165 cm³/mol. The summed E-state index contributed by atoms with van der Waals surface area (Å²) in [6.07, 6.45) is 1.63. The Morgan fingerprint density at radius 3 is 2.12 bits per heavy atom. The fourth-order valence-electron chi connectivity index (χ4n) is 5.01. The summed E-state index contributed by atoms with van der Waals surface area (Å²) in [5.74, 6) is -2.98. The van der Waals surface area contributed by atoms with E-state index in [9.17, 15) is 28.3 Å². The maximum atomic E-state index is 14.0. The van der Waals surface area contributed by atoms with Crippen LogP contribution in [0.3, 0.4) is 0 Å². The summed E-state index contributed by atoms with van der Waals surface area (Å²) in [5, 5.41) is 17.0. The Kier molecular flexibility index (Phi) is 15.3. The van der Waals surface area contributed by atoms with E-state index in [4.69, 9.17) is 0 Å². The zero-order chi connectivity index (χ0) is 31.9. The zero-order valence-electron chi connectivity index (χ0n) is 26.2. The van der Waals surface area contributed by atoms with E-state index in [2.05, 4.69) is 10.6 Å². The van der Waals surface area contributed by atoms with Crippen LogP contribution in [0, 0.1) is 17.6 Å². The lowest BCUT2D eigenvalue weighted by Gasteiger charge is -2.27. The Morgan fingerprint density at radius 2 is 1.53 bits per heavy atom. The van der Waals surface area contributed by atoms with Crippen molar-refractivity contribution in [3.05, 3.63) is 70.8 Å². The van der Waals surface area contributed by atoms with Crippen LogP contribution >= 0.6 is 0 Å². The second kappa shape index (κ2) is 18.3. The Morgan fingerprint density at radius 1 is 0.907 bits per heavy atom. The molecule has 0 spiro atoms. The molecule has 0 aliphatic carbocycles. The lowest BCUT2D eigenvalue weighted by Crippen LogP contribution is -2.47. The van der Waals surface area contributed by atoms with E-state index in [1.807, 2.05) is 39.8 Å². The molecular formula is C33H48F2N4O4. The van der Waals surface area contributed by atoms with Crippen LogP contribution in [0.5, 0.6) is 0 Å². The molecule has 3 amide bonds. The number of aliphatic hydroxyl groups excluding tert-OH is 1. The van der Waals surface area contributed by atoms with Gasteiger partial charge in [-0.2, -0.15) is 0 Å². The van der Waals surface area contributed by atoms with Gasteiger partial charge >= 0.3 is 0 Å². The molecule has 0 aliphatic rings. The zero-order valence-corrected chi connectivity index (χ0v) is 26.2. The van der Waals surface area contributed by atoms with E-state index in [1.54, 1.807) is 23.1 Å². The van der Waals surface area contributed by atoms with Gasteiger partial charge in [-0.1, -0.05) is 26.8 Å². The van der Waals surface area contributed by atoms with Gasteiger partial charge in [0.05, 0.1) is 12.1 Å². The van der Waals surface area contributed by atoms with Crippen LogP contribution in [0.2, 0.25) is 0 Å². The fourth-order valence-corrected chi connectivity index (χ4v) is 5.01. The number of hydrogen-bond donors (Lipinski definition) is 3.